The summed E-state index contributed by atoms with van der Waals surface area (Å²) >= 11 is 1.21. The summed E-state index contributed by atoms with van der Waals surface area (Å²) in [6.45, 7) is 3.76. The van der Waals surface area contributed by atoms with E-state index in [1.54, 1.807) is 25.1 Å². The smallest absolute Gasteiger partial charge is 0.323 e. The van der Waals surface area contributed by atoms with Crippen LogP contribution in [0.1, 0.15) is 12.5 Å². The van der Waals surface area contributed by atoms with Gasteiger partial charge in [0.15, 0.2) is 5.82 Å². The number of amides is 1. The molecule has 0 aliphatic carbocycles. The molecule has 0 bridgehead atoms. The van der Waals surface area contributed by atoms with Gasteiger partial charge in [0.1, 0.15) is 0 Å². The van der Waals surface area contributed by atoms with Crippen molar-refractivity contribution >= 4 is 34.4 Å². The molecule has 2 aromatic carbocycles. The summed E-state index contributed by atoms with van der Waals surface area (Å²) in [5.41, 5.74) is 3.58. The van der Waals surface area contributed by atoms with Crippen LogP contribution >= 0.6 is 11.8 Å². The average molecular weight is 409 g/mol. The minimum absolute atomic E-state index is 0.216. The Labute approximate surface area is 169 Å². The number of aromatic amines is 2. The maximum Gasteiger partial charge on any atom is 0.323 e. The first kappa shape index (κ1) is 18.8. The number of H-pyrrole nitrogens is 2. The van der Waals surface area contributed by atoms with Crippen LogP contribution in [0, 0.1) is 6.92 Å². The van der Waals surface area contributed by atoms with E-state index < -0.39 is 5.25 Å². The number of nitrogens with two attached hydrogens (primary N) is 1. The molecule has 0 aliphatic heterocycles. The molecule has 29 heavy (non-hydrogen) atoms. The molecule has 4 aromatic rings. The molecule has 148 valence electrons. The second kappa shape index (κ2) is 7.47. The molecule has 1 amide bonds. The number of aromatic nitrogens is 5. The van der Waals surface area contributed by atoms with Crippen molar-refractivity contribution in [2.24, 2.45) is 0 Å². The number of thioether (sulfide) groups is 1. The summed E-state index contributed by atoms with van der Waals surface area (Å²) in [6, 6.07) is 12.9. The van der Waals surface area contributed by atoms with E-state index in [-0.39, 0.29) is 11.6 Å². The third-order valence-electron chi connectivity index (χ3n) is 4.41. The van der Waals surface area contributed by atoms with Crippen molar-refractivity contribution in [1.29, 1.82) is 0 Å². The molecule has 1 unspecified atom stereocenters. The van der Waals surface area contributed by atoms with Crippen LogP contribution in [0.4, 0.5) is 5.69 Å². The van der Waals surface area contributed by atoms with E-state index in [1.165, 1.54) is 16.4 Å². The SMILES string of the molecule is Cc1ccc(-c2nnc(SC(C)C(=O)Nc3ccc4[nH]c(=O)[nH]c4c3)n2N)cc1. The van der Waals surface area contributed by atoms with Gasteiger partial charge in [-0.25, -0.2) is 9.47 Å². The lowest BCUT2D eigenvalue weighted by molar-refractivity contribution is -0.115. The lowest BCUT2D eigenvalue weighted by Crippen LogP contribution is -2.23. The number of rotatable bonds is 5. The van der Waals surface area contributed by atoms with Gasteiger partial charge in [0, 0.05) is 11.3 Å². The summed E-state index contributed by atoms with van der Waals surface area (Å²) in [5.74, 6) is 6.45. The summed E-state index contributed by atoms with van der Waals surface area (Å²) < 4.78 is 1.38. The Balaban J connectivity index is 1.47. The lowest BCUT2D eigenvalue weighted by Gasteiger charge is -2.11. The number of carbonyl (C=O) groups excluding carboxylic acids is 1. The highest BCUT2D eigenvalue weighted by atomic mass is 32.2. The zero-order chi connectivity index (χ0) is 20.5. The fraction of sp³-hybridized carbons (Fsp3) is 0.158. The quantitative estimate of drug-likeness (QED) is 0.295. The van der Waals surface area contributed by atoms with Gasteiger partial charge in [0.25, 0.3) is 0 Å². The minimum atomic E-state index is -0.465. The Kier molecular flexibility index (Phi) is 4.85. The third-order valence-corrected chi connectivity index (χ3v) is 5.47. The molecule has 0 aliphatic rings. The van der Waals surface area contributed by atoms with Crippen LogP contribution in [0.15, 0.2) is 52.4 Å². The average Bonchev–Trinajstić information content (AvgIpc) is 3.24. The third kappa shape index (κ3) is 3.87. The molecule has 10 heteroatoms. The maximum absolute atomic E-state index is 12.6. The number of carbonyl (C=O) groups is 1. The molecule has 1 atom stereocenters. The molecule has 5 N–H and O–H groups in total. The fourth-order valence-electron chi connectivity index (χ4n) is 2.82. The van der Waals surface area contributed by atoms with Gasteiger partial charge in [0.2, 0.25) is 11.1 Å². The largest absolute Gasteiger partial charge is 0.335 e. The molecule has 0 radical (unpaired) electrons. The zero-order valence-corrected chi connectivity index (χ0v) is 16.6. The van der Waals surface area contributed by atoms with Crippen molar-refractivity contribution in [3.05, 3.63) is 58.5 Å². The highest BCUT2D eigenvalue weighted by Crippen LogP contribution is 2.26. The number of benzene rings is 2. The highest BCUT2D eigenvalue weighted by Gasteiger charge is 2.20. The van der Waals surface area contributed by atoms with Crippen LogP contribution in [0.2, 0.25) is 0 Å². The highest BCUT2D eigenvalue weighted by molar-refractivity contribution is 8.00. The zero-order valence-electron chi connectivity index (χ0n) is 15.8. The van der Waals surface area contributed by atoms with Crippen molar-refractivity contribution < 1.29 is 4.79 Å². The standard InChI is InChI=1S/C19H19N7O2S/c1-10-3-5-12(6-4-10)16-24-25-19(26(16)20)29-11(2)17(27)21-13-7-8-14-15(9-13)23-18(28)22-14/h3-9,11H,20H2,1-2H3,(H,21,27)(H2,22,23,28). The van der Waals surface area contributed by atoms with Gasteiger partial charge in [0.05, 0.1) is 16.3 Å². The molecule has 0 spiro atoms. The van der Waals surface area contributed by atoms with Gasteiger partial charge in [-0.05, 0) is 32.0 Å². The molecular formula is C19H19N7O2S. The second-order valence-electron chi connectivity index (χ2n) is 6.63. The first-order valence-corrected chi connectivity index (χ1v) is 9.76. The van der Waals surface area contributed by atoms with Crippen molar-refractivity contribution in [1.82, 2.24) is 24.8 Å². The predicted octanol–water partition coefficient (Wildman–Crippen LogP) is 2.26. The first-order chi connectivity index (χ1) is 13.9. The molecular weight excluding hydrogens is 390 g/mol. The number of aryl methyl sites for hydroxylation is 1. The number of nitrogens with one attached hydrogen (secondary N) is 3. The molecule has 0 saturated carbocycles. The van der Waals surface area contributed by atoms with Gasteiger partial charge in [-0.1, -0.05) is 41.6 Å². The van der Waals surface area contributed by atoms with Gasteiger partial charge in [-0.2, -0.15) is 0 Å². The first-order valence-electron chi connectivity index (χ1n) is 8.88. The van der Waals surface area contributed by atoms with Gasteiger partial charge < -0.3 is 21.1 Å². The van der Waals surface area contributed by atoms with E-state index in [1.807, 2.05) is 31.2 Å². The number of nitrogens with zero attached hydrogens (tertiary/aromatic N) is 3. The minimum Gasteiger partial charge on any atom is -0.335 e. The van der Waals surface area contributed by atoms with Crippen molar-refractivity contribution in [3.63, 3.8) is 0 Å². The van der Waals surface area contributed by atoms with Crippen molar-refractivity contribution in [2.45, 2.75) is 24.3 Å². The second-order valence-corrected chi connectivity index (χ2v) is 7.94. The monoisotopic (exact) mass is 409 g/mol. The Morgan fingerprint density at radius 1 is 1.14 bits per heavy atom. The Morgan fingerprint density at radius 3 is 2.62 bits per heavy atom. The maximum atomic E-state index is 12.6. The van der Waals surface area contributed by atoms with E-state index in [0.717, 1.165) is 11.1 Å². The summed E-state index contributed by atoms with van der Waals surface area (Å²) in [5, 5.41) is 11.1. The van der Waals surface area contributed by atoms with E-state index in [2.05, 4.69) is 25.5 Å². The van der Waals surface area contributed by atoms with Crippen LogP contribution in [0.3, 0.4) is 0 Å². The Bertz CT molecular complexity index is 1240. The topological polar surface area (TPSA) is 134 Å². The van der Waals surface area contributed by atoms with E-state index >= 15 is 0 Å². The van der Waals surface area contributed by atoms with Crippen LogP contribution in [0.5, 0.6) is 0 Å². The molecule has 2 aromatic heterocycles. The number of fused-ring (bicyclic) bond motifs is 1. The normalized spacial score (nSPS) is 12.2. The van der Waals surface area contributed by atoms with Crippen molar-refractivity contribution in [3.8, 4) is 11.4 Å². The molecule has 9 nitrogen and oxygen atoms in total. The van der Waals surface area contributed by atoms with E-state index in [9.17, 15) is 9.59 Å². The predicted molar refractivity (Wildman–Crippen MR) is 113 cm³/mol. The summed E-state index contributed by atoms with van der Waals surface area (Å²) in [7, 11) is 0. The van der Waals surface area contributed by atoms with Gasteiger partial charge in [-0.3, -0.25) is 4.79 Å². The number of anilines is 1. The van der Waals surface area contributed by atoms with Gasteiger partial charge >= 0.3 is 5.69 Å². The van der Waals surface area contributed by atoms with Crippen molar-refractivity contribution in [2.75, 3.05) is 11.2 Å². The molecule has 0 saturated heterocycles. The molecule has 0 fully saturated rings. The lowest BCUT2D eigenvalue weighted by atomic mass is 10.1. The summed E-state index contributed by atoms with van der Waals surface area (Å²) in [6.07, 6.45) is 0. The number of nitrogen functional groups attached to an aromatic ring is 1. The van der Waals surface area contributed by atoms with Crippen LogP contribution < -0.4 is 16.8 Å². The molecule has 2 heterocycles. The van der Waals surface area contributed by atoms with E-state index in [4.69, 9.17) is 5.84 Å². The number of hydrogen-bond donors (Lipinski definition) is 4. The van der Waals surface area contributed by atoms with Gasteiger partial charge in [-0.15, -0.1) is 10.2 Å². The number of hydrogen-bond acceptors (Lipinski definition) is 6. The fourth-order valence-corrected chi connectivity index (χ4v) is 3.59. The number of imidazole rings is 1. The van der Waals surface area contributed by atoms with E-state index in [0.29, 0.717) is 27.7 Å². The Morgan fingerprint density at radius 2 is 1.86 bits per heavy atom. The summed E-state index contributed by atoms with van der Waals surface area (Å²) in [4.78, 5) is 29.3. The van der Waals surface area contributed by atoms with Crippen LogP contribution in [-0.2, 0) is 4.79 Å². The molecule has 4 rings (SSSR count). The van der Waals surface area contributed by atoms with Crippen LogP contribution in [-0.4, -0.2) is 36.0 Å². The Hall–Kier alpha value is -3.53. The van der Waals surface area contributed by atoms with Crippen LogP contribution in [0.25, 0.3) is 22.4 Å².